The summed E-state index contributed by atoms with van der Waals surface area (Å²) >= 11 is 0. The minimum Gasteiger partial charge on any atom is -0.375 e. The minimum absolute atomic E-state index is 0.0181. The third-order valence-corrected chi connectivity index (χ3v) is 6.06. The van der Waals surface area contributed by atoms with Crippen molar-refractivity contribution in [1.82, 2.24) is 34.3 Å². The lowest BCUT2D eigenvalue weighted by Gasteiger charge is -2.35. The Bertz CT molecular complexity index is 915. The van der Waals surface area contributed by atoms with Gasteiger partial charge in [0.2, 0.25) is 5.91 Å². The monoisotopic (exact) mass is 415 g/mol. The molecule has 1 atom stereocenters. The van der Waals surface area contributed by atoms with E-state index in [9.17, 15) is 9.59 Å². The molecule has 0 spiro atoms. The summed E-state index contributed by atoms with van der Waals surface area (Å²) in [5.74, 6) is 1.60. The summed E-state index contributed by atoms with van der Waals surface area (Å²) in [6.45, 7) is 4.45. The summed E-state index contributed by atoms with van der Waals surface area (Å²) in [7, 11) is 3.37. The number of hydrogen-bond acceptors (Lipinski definition) is 6. The highest BCUT2D eigenvalue weighted by Crippen LogP contribution is 2.31. The maximum atomic E-state index is 12.9. The molecule has 0 bridgehead atoms. The first kappa shape index (κ1) is 20.5. The first-order chi connectivity index (χ1) is 14.5. The van der Waals surface area contributed by atoms with Gasteiger partial charge in [0.05, 0.1) is 6.04 Å². The molecule has 2 amide bonds. The smallest absolute Gasteiger partial charge is 0.274 e. The molecule has 4 rings (SSSR count). The second kappa shape index (κ2) is 8.55. The van der Waals surface area contributed by atoms with Gasteiger partial charge in [0.15, 0.2) is 11.5 Å². The Labute approximate surface area is 175 Å². The quantitative estimate of drug-likeness (QED) is 0.730. The van der Waals surface area contributed by atoms with E-state index in [1.807, 2.05) is 29.8 Å². The number of likely N-dealkylation sites (tertiary alicyclic amines) is 1. The van der Waals surface area contributed by atoms with Gasteiger partial charge in [-0.05, 0) is 32.3 Å². The van der Waals surface area contributed by atoms with Gasteiger partial charge in [-0.3, -0.25) is 14.3 Å². The maximum absolute atomic E-state index is 12.9. The topological polar surface area (TPSA) is 98.4 Å². The highest BCUT2D eigenvalue weighted by molar-refractivity contribution is 5.92. The Morgan fingerprint density at radius 1 is 1.17 bits per heavy atom. The number of methoxy groups -OCH3 is 1. The fourth-order valence-corrected chi connectivity index (χ4v) is 4.33. The van der Waals surface area contributed by atoms with Crippen LogP contribution in [0.15, 0.2) is 6.07 Å². The Hall–Kier alpha value is -2.75. The second-order valence-electron chi connectivity index (χ2n) is 7.99. The van der Waals surface area contributed by atoms with Crippen LogP contribution in [0.4, 0.5) is 0 Å². The minimum atomic E-state index is -0.0941. The molecule has 2 aromatic rings. The van der Waals surface area contributed by atoms with E-state index in [0.29, 0.717) is 38.3 Å². The van der Waals surface area contributed by atoms with Crippen LogP contribution in [0.2, 0.25) is 0 Å². The number of carbonyl (C=O) groups is 2. The molecule has 0 aromatic carbocycles. The average Bonchev–Trinajstić information content (AvgIpc) is 3.23. The first-order valence-corrected chi connectivity index (χ1v) is 10.5. The summed E-state index contributed by atoms with van der Waals surface area (Å²) in [6.07, 6.45) is 3.53. The molecule has 1 fully saturated rings. The second-order valence-corrected chi connectivity index (χ2v) is 7.99. The molecule has 2 aliphatic rings. The lowest BCUT2D eigenvalue weighted by Crippen LogP contribution is -2.41. The number of nitrogens with zero attached hydrogens (tertiary/aromatic N) is 7. The molecule has 4 heterocycles. The zero-order chi connectivity index (χ0) is 21.3. The highest BCUT2D eigenvalue weighted by atomic mass is 16.5. The molecule has 30 heavy (non-hydrogen) atoms. The van der Waals surface area contributed by atoms with E-state index in [1.54, 1.807) is 4.68 Å². The first-order valence-electron chi connectivity index (χ1n) is 10.5. The number of fused-ring (bicyclic) bond motifs is 1. The van der Waals surface area contributed by atoms with E-state index >= 15 is 0 Å². The van der Waals surface area contributed by atoms with Gasteiger partial charge in [-0.25, -0.2) is 0 Å². The van der Waals surface area contributed by atoms with Crippen LogP contribution >= 0.6 is 0 Å². The van der Waals surface area contributed by atoms with Gasteiger partial charge in [0, 0.05) is 52.5 Å². The van der Waals surface area contributed by atoms with E-state index in [4.69, 9.17) is 4.74 Å². The molecule has 0 saturated carbocycles. The van der Waals surface area contributed by atoms with Crippen molar-refractivity contribution < 1.29 is 14.3 Å². The van der Waals surface area contributed by atoms with Crippen molar-refractivity contribution >= 4 is 11.8 Å². The number of aromatic nitrogens is 5. The van der Waals surface area contributed by atoms with E-state index in [1.165, 1.54) is 7.11 Å². The van der Waals surface area contributed by atoms with Crippen molar-refractivity contribution in [2.75, 3.05) is 33.4 Å². The predicted molar refractivity (Wildman–Crippen MR) is 108 cm³/mol. The van der Waals surface area contributed by atoms with Crippen LogP contribution in [0.1, 0.15) is 53.1 Å². The third kappa shape index (κ3) is 3.83. The van der Waals surface area contributed by atoms with Crippen LogP contribution in [0, 0.1) is 6.92 Å². The molecule has 0 aliphatic carbocycles. The Balaban J connectivity index is 1.52. The largest absolute Gasteiger partial charge is 0.375 e. The van der Waals surface area contributed by atoms with Crippen molar-refractivity contribution in [1.29, 1.82) is 0 Å². The van der Waals surface area contributed by atoms with Crippen LogP contribution in [-0.2, 0) is 29.5 Å². The molecule has 10 heteroatoms. The summed E-state index contributed by atoms with van der Waals surface area (Å²) in [4.78, 5) is 29.2. The number of ether oxygens (including phenoxy) is 1. The van der Waals surface area contributed by atoms with Crippen LogP contribution in [0.3, 0.4) is 0 Å². The molecule has 0 N–H and O–H groups in total. The van der Waals surface area contributed by atoms with Crippen LogP contribution in [-0.4, -0.2) is 79.5 Å². The Morgan fingerprint density at radius 3 is 2.73 bits per heavy atom. The molecular formula is C20H29N7O3. The van der Waals surface area contributed by atoms with Gasteiger partial charge >= 0.3 is 0 Å². The zero-order valence-electron chi connectivity index (χ0n) is 17.9. The molecule has 2 aromatic heterocycles. The number of hydrogen-bond donors (Lipinski definition) is 0. The van der Waals surface area contributed by atoms with Gasteiger partial charge < -0.3 is 19.1 Å². The van der Waals surface area contributed by atoms with E-state index < -0.39 is 0 Å². The summed E-state index contributed by atoms with van der Waals surface area (Å²) in [6, 6.07) is 1.73. The van der Waals surface area contributed by atoms with Gasteiger partial charge in [-0.15, -0.1) is 10.2 Å². The number of aryl methyl sites for hydroxylation is 2. The molecule has 10 nitrogen and oxygen atoms in total. The summed E-state index contributed by atoms with van der Waals surface area (Å²) < 4.78 is 8.87. The summed E-state index contributed by atoms with van der Waals surface area (Å²) in [5, 5.41) is 13.2. The normalized spacial score (nSPS) is 19.5. The molecule has 2 aliphatic heterocycles. The predicted octanol–water partition coefficient (Wildman–Crippen LogP) is 0.719. The van der Waals surface area contributed by atoms with Crippen molar-refractivity contribution in [3.63, 3.8) is 0 Å². The van der Waals surface area contributed by atoms with E-state index in [-0.39, 0.29) is 24.5 Å². The molecule has 1 unspecified atom stereocenters. The number of rotatable bonds is 4. The fourth-order valence-electron chi connectivity index (χ4n) is 4.33. The van der Waals surface area contributed by atoms with Crippen molar-refractivity contribution in [3.05, 3.63) is 29.1 Å². The van der Waals surface area contributed by atoms with Crippen molar-refractivity contribution in [3.8, 4) is 0 Å². The standard InChI is InChI=1S/C20H29N7O3/c1-14-12-15(23-24(14)2)20(29)25-9-7-17-21-22-19(27(17)11-10-25)16-6-4-5-8-26(16)18(28)13-30-3/h12,16H,4-11,13H2,1-3H3. The molecular weight excluding hydrogens is 386 g/mol. The van der Waals surface area contributed by atoms with Crippen LogP contribution in [0.5, 0.6) is 0 Å². The maximum Gasteiger partial charge on any atom is 0.274 e. The average molecular weight is 415 g/mol. The van der Waals surface area contributed by atoms with Gasteiger partial charge in [-0.2, -0.15) is 5.10 Å². The van der Waals surface area contributed by atoms with Crippen LogP contribution < -0.4 is 0 Å². The third-order valence-electron chi connectivity index (χ3n) is 6.06. The summed E-state index contributed by atoms with van der Waals surface area (Å²) in [5.41, 5.74) is 1.42. The van der Waals surface area contributed by atoms with E-state index in [0.717, 1.165) is 36.6 Å². The number of amides is 2. The highest BCUT2D eigenvalue weighted by Gasteiger charge is 2.33. The lowest BCUT2D eigenvalue weighted by atomic mass is 10.0. The molecule has 0 radical (unpaired) electrons. The zero-order valence-corrected chi connectivity index (χ0v) is 17.9. The van der Waals surface area contributed by atoms with Gasteiger partial charge in [0.1, 0.15) is 12.4 Å². The number of carbonyl (C=O) groups excluding carboxylic acids is 2. The van der Waals surface area contributed by atoms with Crippen molar-refractivity contribution in [2.45, 2.75) is 45.2 Å². The Morgan fingerprint density at radius 2 is 2.00 bits per heavy atom. The molecule has 162 valence electrons. The van der Waals surface area contributed by atoms with Gasteiger partial charge in [0.25, 0.3) is 5.91 Å². The number of piperidine rings is 1. The SMILES string of the molecule is COCC(=O)N1CCCCC1c1nnc2n1CCN(C(=O)c1cc(C)n(C)n1)CC2. The Kier molecular flexibility index (Phi) is 5.85. The lowest BCUT2D eigenvalue weighted by molar-refractivity contribution is -0.139. The van der Waals surface area contributed by atoms with Gasteiger partial charge in [-0.1, -0.05) is 0 Å². The fraction of sp³-hybridized carbons (Fsp3) is 0.650. The van der Waals surface area contributed by atoms with Crippen LogP contribution in [0.25, 0.3) is 0 Å². The molecule has 1 saturated heterocycles. The van der Waals surface area contributed by atoms with Crippen molar-refractivity contribution in [2.24, 2.45) is 7.05 Å². The van der Waals surface area contributed by atoms with E-state index in [2.05, 4.69) is 19.9 Å².